The van der Waals surface area contributed by atoms with E-state index in [0.717, 1.165) is 17.9 Å². The molecule has 0 spiro atoms. The molecule has 0 radical (unpaired) electrons. The third-order valence-corrected chi connectivity index (χ3v) is 3.85. The van der Waals surface area contributed by atoms with Crippen molar-refractivity contribution in [2.24, 2.45) is 0 Å². The summed E-state index contributed by atoms with van der Waals surface area (Å²) in [7, 11) is 2.19. The molecule has 4 heteroatoms. The first-order valence-corrected chi connectivity index (χ1v) is 5.60. The lowest BCUT2D eigenvalue weighted by atomic mass is 9.99. The van der Waals surface area contributed by atoms with Gasteiger partial charge in [-0.3, -0.25) is 4.90 Å². The molecule has 76 valence electrons. The van der Waals surface area contributed by atoms with Crippen LogP contribution in [0.25, 0.3) is 0 Å². The zero-order chi connectivity index (χ0) is 9.71. The second-order valence-corrected chi connectivity index (χ2v) is 4.48. The number of hydrogen-bond donors (Lipinski definition) is 0. The van der Waals surface area contributed by atoms with Crippen LogP contribution in [0.2, 0.25) is 0 Å². The smallest absolute Gasteiger partial charge is 0.143 e. The third-order valence-electron chi connectivity index (χ3n) is 3.60. The maximum absolute atomic E-state index is 5.85. The van der Waals surface area contributed by atoms with Gasteiger partial charge < -0.3 is 4.52 Å². The molecule has 2 unspecified atom stereocenters. The second-order valence-electron chi connectivity index (χ2n) is 4.22. The summed E-state index contributed by atoms with van der Waals surface area (Å²) in [5.41, 5.74) is 2.22. The van der Waals surface area contributed by atoms with Gasteiger partial charge >= 0.3 is 0 Å². The normalized spacial score (nSPS) is 30.7. The fourth-order valence-corrected chi connectivity index (χ4v) is 3.00. The van der Waals surface area contributed by atoms with Crippen molar-refractivity contribution in [1.29, 1.82) is 0 Å². The number of alkyl halides is 1. The van der Waals surface area contributed by atoms with E-state index in [1.807, 2.05) is 0 Å². The number of hydrogen-bond acceptors (Lipinski definition) is 3. The van der Waals surface area contributed by atoms with Crippen molar-refractivity contribution in [2.75, 3.05) is 7.05 Å². The Morgan fingerprint density at radius 3 is 3.21 bits per heavy atom. The van der Waals surface area contributed by atoms with Crippen LogP contribution in [0.1, 0.15) is 35.9 Å². The van der Waals surface area contributed by atoms with Gasteiger partial charge in [0.05, 0.1) is 5.88 Å². The van der Waals surface area contributed by atoms with Crippen molar-refractivity contribution >= 4 is 11.6 Å². The molecule has 2 bridgehead atoms. The Bertz CT molecular complexity index is 363. The highest BCUT2D eigenvalue weighted by molar-refractivity contribution is 6.17. The standard InChI is InChI=1S/C10H13ClN2O/c1-13-6-2-3-8(13)10-7(5-11)12-14-9(10)4-6/h6,8H,2-5H2,1H3. The summed E-state index contributed by atoms with van der Waals surface area (Å²) >= 11 is 5.85. The van der Waals surface area contributed by atoms with E-state index in [0.29, 0.717) is 18.0 Å². The summed E-state index contributed by atoms with van der Waals surface area (Å²) in [6.07, 6.45) is 3.50. The largest absolute Gasteiger partial charge is 0.361 e. The van der Waals surface area contributed by atoms with Crippen molar-refractivity contribution in [3.63, 3.8) is 0 Å². The molecular weight excluding hydrogens is 200 g/mol. The summed E-state index contributed by atoms with van der Waals surface area (Å²) in [4.78, 5) is 2.44. The minimum Gasteiger partial charge on any atom is -0.361 e. The Labute approximate surface area is 88.0 Å². The van der Waals surface area contributed by atoms with Crippen molar-refractivity contribution < 1.29 is 4.52 Å². The Kier molecular flexibility index (Phi) is 1.86. The first-order chi connectivity index (χ1) is 6.81. The monoisotopic (exact) mass is 212 g/mol. The molecule has 1 aromatic rings. The first kappa shape index (κ1) is 8.74. The topological polar surface area (TPSA) is 29.3 Å². The van der Waals surface area contributed by atoms with E-state index in [1.54, 1.807) is 0 Å². The molecule has 2 aliphatic heterocycles. The molecule has 1 aromatic heterocycles. The van der Waals surface area contributed by atoms with Gasteiger partial charge in [-0.2, -0.15) is 0 Å². The summed E-state index contributed by atoms with van der Waals surface area (Å²) in [5, 5.41) is 4.04. The lowest BCUT2D eigenvalue weighted by Gasteiger charge is -2.29. The predicted octanol–water partition coefficient (Wildman–Crippen LogP) is 2.10. The molecule has 3 nitrogen and oxygen atoms in total. The van der Waals surface area contributed by atoms with E-state index in [4.69, 9.17) is 16.1 Å². The van der Waals surface area contributed by atoms with Gasteiger partial charge in [0.1, 0.15) is 11.5 Å². The molecule has 3 heterocycles. The van der Waals surface area contributed by atoms with Crippen LogP contribution in [0.4, 0.5) is 0 Å². The fourth-order valence-electron chi connectivity index (χ4n) is 2.81. The van der Waals surface area contributed by atoms with Crippen LogP contribution in [0.15, 0.2) is 4.52 Å². The zero-order valence-corrected chi connectivity index (χ0v) is 8.92. The van der Waals surface area contributed by atoms with Crippen molar-refractivity contribution in [3.05, 3.63) is 17.0 Å². The van der Waals surface area contributed by atoms with Crippen LogP contribution in [-0.4, -0.2) is 23.1 Å². The van der Waals surface area contributed by atoms with E-state index in [1.165, 1.54) is 18.4 Å². The summed E-state index contributed by atoms with van der Waals surface area (Å²) in [6.45, 7) is 0. The molecule has 0 amide bonds. The van der Waals surface area contributed by atoms with E-state index >= 15 is 0 Å². The molecule has 0 aromatic carbocycles. The lowest BCUT2D eigenvalue weighted by Crippen LogP contribution is -2.33. The SMILES string of the molecule is CN1C2CCC1c1c(CCl)noc1C2. The zero-order valence-electron chi connectivity index (χ0n) is 8.16. The quantitative estimate of drug-likeness (QED) is 0.668. The molecule has 1 fully saturated rings. The molecule has 14 heavy (non-hydrogen) atoms. The first-order valence-electron chi connectivity index (χ1n) is 5.06. The molecule has 0 saturated carbocycles. The highest BCUT2D eigenvalue weighted by Crippen LogP contribution is 2.44. The Hall–Kier alpha value is -0.540. The molecule has 1 saturated heterocycles. The van der Waals surface area contributed by atoms with Gasteiger partial charge in [0.15, 0.2) is 0 Å². The van der Waals surface area contributed by atoms with Crippen molar-refractivity contribution in [1.82, 2.24) is 10.1 Å². The van der Waals surface area contributed by atoms with Gasteiger partial charge in [-0.05, 0) is 19.9 Å². The number of halogens is 1. The van der Waals surface area contributed by atoms with Gasteiger partial charge in [0.25, 0.3) is 0 Å². The fraction of sp³-hybridized carbons (Fsp3) is 0.700. The van der Waals surface area contributed by atoms with E-state index in [-0.39, 0.29) is 0 Å². The summed E-state index contributed by atoms with van der Waals surface area (Å²) < 4.78 is 5.35. The van der Waals surface area contributed by atoms with Crippen LogP contribution >= 0.6 is 11.6 Å². The molecule has 0 N–H and O–H groups in total. The van der Waals surface area contributed by atoms with Crippen LogP contribution in [0.3, 0.4) is 0 Å². The Balaban J connectivity index is 2.10. The van der Waals surface area contributed by atoms with Crippen molar-refractivity contribution in [3.8, 4) is 0 Å². The number of nitrogens with zero attached hydrogens (tertiary/aromatic N) is 2. The van der Waals surface area contributed by atoms with Gasteiger partial charge in [-0.25, -0.2) is 0 Å². The minimum absolute atomic E-state index is 0.466. The van der Waals surface area contributed by atoms with Crippen LogP contribution in [-0.2, 0) is 12.3 Å². The van der Waals surface area contributed by atoms with E-state index < -0.39 is 0 Å². The highest BCUT2D eigenvalue weighted by Gasteiger charge is 2.41. The molecular formula is C10H13ClN2O. The maximum atomic E-state index is 5.85. The lowest BCUT2D eigenvalue weighted by molar-refractivity contribution is 0.206. The predicted molar refractivity (Wildman–Crippen MR) is 53.3 cm³/mol. The van der Waals surface area contributed by atoms with Gasteiger partial charge in [0.2, 0.25) is 0 Å². The maximum Gasteiger partial charge on any atom is 0.143 e. The van der Waals surface area contributed by atoms with Gasteiger partial charge in [0, 0.05) is 24.1 Å². The minimum atomic E-state index is 0.466. The molecule has 3 rings (SSSR count). The second kappa shape index (κ2) is 2.97. The van der Waals surface area contributed by atoms with Crippen molar-refractivity contribution in [2.45, 2.75) is 37.2 Å². The summed E-state index contributed by atoms with van der Waals surface area (Å²) in [5.74, 6) is 1.54. The van der Waals surface area contributed by atoms with Crippen LogP contribution in [0, 0.1) is 0 Å². The number of fused-ring (bicyclic) bond motifs is 4. The van der Waals surface area contributed by atoms with Crippen LogP contribution in [0.5, 0.6) is 0 Å². The Morgan fingerprint density at radius 2 is 2.43 bits per heavy atom. The van der Waals surface area contributed by atoms with E-state index in [9.17, 15) is 0 Å². The van der Waals surface area contributed by atoms with E-state index in [2.05, 4.69) is 17.1 Å². The molecule has 2 atom stereocenters. The number of likely N-dealkylation sites (N-methyl/N-ethyl adjacent to an activating group) is 1. The number of aromatic nitrogens is 1. The van der Waals surface area contributed by atoms with Gasteiger partial charge in [-0.15, -0.1) is 11.6 Å². The number of rotatable bonds is 1. The van der Waals surface area contributed by atoms with Gasteiger partial charge in [-0.1, -0.05) is 5.16 Å². The third kappa shape index (κ3) is 0.997. The highest BCUT2D eigenvalue weighted by atomic mass is 35.5. The average molecular weight is 213 g/mol. The molecule has 2 aliphatic rings. The average Bonchev–Trinajstić information content (AvgIpc) is 2.68. The molecule has 0 aliphatic carbocycles. The van der Waals surface area contributed by atoms with Crippen LogP contribution < -0.4 is 0 Å². The summed E-state index contributed by atoms with van der Waals surface area (Å²) in [6, 6.07) is 1.16. The Morgan fingerprint density at radius 1 is 1.57 bits per heavy atom.